The molecule has 6 nitrogen and oxygen atoms in total. The summed E-state index contributed by atoms with van der Waals surface area (Å²) in [6.07, 6.45) is 2.57. The van der Waals surface area contributed by atoms with Gasteiger partial charge in [-0.2, -0.15) is 0 Å². The first kappa shape index (κ1) is 19.6. The Balaban J connectivity index is 1.51. The van der Waals surface area contributed by atoms with Crippen molar-refractivity contribution >= 4 is 21.7 Å². The largest absolute Gasteiger partial charge is 0.427 e. The minimum Gasteiger partial charge on any atom is -0.427 e. The molecule has 2 fully saturated rings. The van der Waals surface area contributed by atoms with Crippen LogP contribution in [0.3, 0.4) is 0 Å². The number of esters is 1. The van der Waals surface area contributed by atoms with Crippen LogP contribution >= 0.6 is 0 Å². The number of benzene rings is 2. The Labute approximate surface area is 170 Å². The predicted octanol–water partition coefficient (Wildman–Crippen LogP) is 3.22. The van der Waals surface area contributed by atoms with Crippen LogP contribution in [-0.4, -0.2) is 42.5 Å². The van der Waals surface area contributed by atoms with Crippen molar-refractivity contribution in [3.8, 4) is 5.75 Å². The first-order valence-electron chi connectivity index (χ1n) is 9.76. The van der Waals surface area contributed by atoms with Crippen molar-refractivity contribution in [1.29, 1.82) is 0 Å². The number of ether oxygens (including phenoxy) is 1. The lowest BCUT2D eigenvalue weighted by Crippen LogP contribution is -2.49. The van der Waals surface area contributed by atoms with E-state index in [2.05, 4.69) is 0 Å². The first-order chi connectivity index (χ1) is 13.9. The molecule has 2 aliphatic rings. The summed E-state index contributed by atoms with van der Waals surface area (Å²) in [6, 6.07) is 14.9. The molecular weight excluding hydrogens is 390 g/mol. The van der Waals surface area contributed by atoms with Crippen molar-refractivity contribution in [1.82, 2.24) is 4.90 Å². The van der Waals surface area contributed by atoms with Crippen molar-refractivity contribution in [2.24, 2.45) is 0 Å². The molecule has 4 rings (SSSR count). The minimum absolute atomic E-state index is 0.0714. The highest BCUT2D eigenvalue weighted by atomic mass is 32.2. The molecule has 2 saturated heterocycles. The molecule has 7 heteroatoms. The van der Waals surface area contributed by atoms with Gasteiger partial charge in [0, 0.05) is 24.6 Å². The van der Waals surface area contributed by atoms with E-state index in [1.54, 1.807) is 54.6 Å². The molecule has 2 atom stereocenters. The molecule has 2 heterocycles. The van der Waals surface area contributed by atoms with Crippen LogP contribution in [0.5, 0.6) is 5.75 Å². The second-order valence-corrected chi connectivity index (χ2v) is 9.90. The van der Waals surface area contributed by atoms with Crippen LogP contribution in [0.2, 0.25) is 0 Å². The number of carbonyl (C=O) groups is 2. The SMILES string of the molecule is CC(=O)Oc1ccc(C(=O)N2C3CCC2CC(S(=O)(=O)c2ccccc2)C3)cc1. The Morgan fingerprint density at radius 2 is 1.52 bits per heavy atom. The third-order valence-electron chi connectivity index (χ3n) is 5.80. The molecule has 2 bridgehead atoms. The smallest absolute Gasteiger partial charge is 0.308 e. The quantitative estimate of drug-likeness (QED) is 0.568. The zero-order valence-corrected chi connectivity index (χ0v) is 17.0. The number of hydrogen-bond donors (Lipinski definition) is 0. The van der Waals surface area contributed by atoms with Gasteiger partial charge in [0.05, 0.1) is 10.1 Å². The second-order valence-electron chi connectivity index (χ2n) is 7.67. The molecule has 0 saturated carbocycles. The molecule has 29 heavy (non-hydrogen) atoms. The maximum absolute atomic E-state index is 13.1. The summed E-state index contributed by atoms with van der Waals surface area (Å²) in [5.41, 5.74) is 0.516. The number of hydrogen-bond acceptors (Lipinski definition) is 5. The monoisotopic (exact) mass is 413 g/mol. The minimum atomic E-state index is -3.41. The zero-order chi connectivity index (χ0) is 20.6. The van der Waals surface area contributed by atoms with Crippen LogP contribution in [0, 0.1) is 0 Å². The van der Waals surface area contributed by atoms with E-state index in [1.165, 1.54) is 6.92 Å². The number of rotatable bonds is 4. The van der Waals surface area contributed by atoms with Crippen LogP contribution in [0.4, 0.5) is 0 Å². The van der Waals surface area contributed by atoms with Crippen LogP contribution in [0.15, 0.2) is 59.5 Å². The maximum atomic E-state index is 13.1. The summed E-state index contributed by atoms with van der Waals surface area (Å²) in [6.45, 7) is 1.32. The van der Waals surface area contributed by atoms with Gasteiger partial charge in [-0.25, -0.2) is 8.42 Å². The van der Waals surface area contributed by atoms with Crippen molar-refractivity contribution in [3.63, 3.8) is 0 Å². The van der Waals surface area contributed by atoms with Crippen molar-refractivity contribution < 1.29 is 22.7 Å². The van der Waals surface area contributed by atoms with E-state index in [9.17, 15) is 18.0 Å². The van der Waals surface area contributed by atoms with Gasteiger partial charge in [0.1, 0.15) is 5.75 Å². The fraction of sp³-hybridized carbons (Fsp3) is 0.364. The molecule has 2 unspecified atom stereocenters. The Hall–Kier alpha value is -2.67. The summed E-state index contributed by atoms with van der Waals surface area (Å²) < 4.78 is 31.1. The molecule has 1 amide bonds. The molecule has 2 aromatic rings. The average Bonchev–Trinajstić information content (AvgIpc) is 2.97. The summed E-state index contributed by atoms with van der Waals surface area (Å²) >= 11 is 0. The standard InChI is InChI=1S/C22H23NO5S/c1-15(24)28-19-11-7-16(8-12-19)22(25)23-17-9-10-18(23)14-21(13-17)29(26,27)20-5-3-2-4-6-20/h2-8,11-12,17-18,21H,9-10,13-14H2,1H3. The molecular formula is C22H23NO5S. The van der Waals surface area contributed by atoms with E-state index >= 15 is 0 Å². The van der Waals surface area contributed by atoms with Crippen molar-refractivity contribution in [3.05, 3.63) is 60.2 Å². The topological polar surface area (TPSA) is 80.8 Å². The summed E-state index contributed by atoms with van der Waals surface area (Å²) in [5, 5.41) is -0.460. The maximum Gasteiger partial charge on any atom is 0.308 e. The van der Waals surface area contributed by atoms with Crippen molar-refractivity contribution in [2.45, 2.75) is 54.8 Å². The highest BCUT2D eigenvalue weighted by Gasteiger charge is 2.47. The lowest BCUT2D eigenvalue weighted by molar-refractivity contribution is -0.131. The van der Waals surface area contributed by atoms with E-state index in [4.69, 9.17) is 4.74 Å². The van der Waals surface area contributed by atoms with E-state index in [0.29, 0.717) is 29.1 Å². The third-order valence-corrected chi connectivity index (χ3v) is 7.99. The van der Waals surface area contributed by atoms with Crippen LogP contribution in [-0.2, 0) is 14.6 Å². The van der Waals surface area contributed by atoms with Gasteiger partial charge >= 0.3 is 5.97 Å². The first-order valence-corrected chi connectivity index (χ1v) is 11.3. The fourth-order valence-corrected chi connectivity index (χ4v) is 6.37. The van der Waals surface area contributed by atoms with Gasteiger partial charge in [0.15, 0.2) is 9.84 Å². The van der Waals surface area contributed by atoms with Gasteiger partial charge in [-0.05, 0) is 62.1 Å². The average molecular weight is 413 g/mol. The number of carbonyl (C=O) groups excluding carboxylic acids is 2. The predicted molar refractivity (Wildman–Crippen MR) is 107 cm³/mol. The Bertz CT molecular complexity index is 1000. The highest BCUT2D eigenvalue weighted by Crippen LogP contribution is 2.40. The van der Waals surface area contributed by atoms with Gasteiger partial charge in [-0.1, -0.05) is 18.2 Å². The normalized spacial score (nSPS) is 23.6. The highest BCUT2D eigenvalue weighted by molar-refractivity contribution is 7.92. The van der Waals surface area contributed by atoms with E-state index in [0.717, 1.165) is 12.8 Å². The summed E-state index contributed by atoms with van der Waals surface area (Å²) in [7, 11) is -3.41. The molecule has 152 valence electrons. The Morgan fingerprint density at radius 3 is 2.07 bits per heavy atom. The Morgan fingerprint density at radius 1 is 0.931 bits per heavy atom. The summed E-state index contributed by atoms with van der Waals surface area (Å²) in [4.78, 5) is 26.3. The van der Waals surface area contributed by atoms with Gasteiger partial charge < -0.3 is 9.64 Å². The van der Waals surface area contributed by atoms with Crippen molar-refractivity contribution in [2.75, 3.05) is 0 Å². The van der Waals surface area contributed by atoms with Gasteiger partial charge in [0.25, 0.3) is 5.91 Å². The number of piperidine rings is 1. The van der Waals surface area contributed by atoms with Gasteiger partial charge in [-0.15, -0.1) is 0 Å². The van der Waals surface area contributed by atoms with Crippen LogP contribution < -0.4 is 4.74 Å². The van der Waals surface area contributed by atoms with E-state index < -0.39 is 21.1 Å². The fourth-order valence-electron chi connectivity index (χ4n) is 4.50. The molecule has 2 aromatic carbocycles. The molecule has 2 aliphatic heterocycles. The number of sulfone groups is 1. The zero-order valence-electron chi connectivity index (χ0n) is 16.2. The molecule has 0 aromatic heterocycles. The number of amides is 1. The van der Waals surface area contributed by atoms with Gasteiger partial charge in [0.2, 0.25) is 0 Å². The second kappa shape index (κ2) is 7.63. The summed E-state index contributed by atoms with van der Waals surface area (Å²) in [5.74, 6) is -0.115. The number of fused-ring (bicyclic) bond motifs is 2. The molecule has 0 N–H and O–H groups in total. The lowest BCUT2D eigenvalue weighted by atomic mass is 10.0. The van der Waals surface area contributed by atoms with Gasteiger partial charge in [-0.3, -0.25) is 9.59 Å². The van der Waals surface area contributed by atoms with Crippen LogP contribution in [0.1, 0.15) is 43.0 Å². The third kappa shape index (κ3) is 3.79. The van der Waals surface area contributed by atoms with E-state index in [-0.39, 0.29) is 18.0 Å². The Kier molecular flexibility index (Phi) is 5.17. The molecule has 0 spiro atoms. The molecule has 0 radical (unpaired) electrons. The molecule has 0 aliphatic carbocycles. The lowest BCUT2D eigenvalue weighted by Gasteiger charge is -2.38. The van der Waals surface area contributed by atoms with Crippen LogP contribution in [0.25, 0.3) is 0 Å². The van der Waals surface area contributed by atoms with E-state index in [1.807, 2.05) is 4.90 Å². The number of nitrogens with zero attached hydrogens (tertiary/aromatic N) is 1.